The van der Waals surface area contributed by atoms with E-state index in [0.29, 0.717) is 12.5 Å². The number of aliphatic imine (C=N–C) groups is 1. The molecular formula is C15H21N3O3. The van der Waals surface area contributed by atoms with Gasteiger partial charge in [0.05, 0.1) is 12.5 Å². The fourth-order valence-corrected chi connectivity index (χ4v) is 2.58. The molecule has 2 N–H and O–H groups in total. The molecule has 2 rings (SSSR count). The molecule has 1 aliphatic carbocycles. The monoisotopic (exact) mass is 291 g/mol. The third kappa shape index (κ3) is 5.13. The van der Waals surface area contributed by atoms with E-state index in [-0.39, 0.29) is 24.3 Å². The highest BCUT2D eigenvalue weighted by atomic mass is 16.2. The molecule has 0 aromatic carbocycles. The molecule has 1 aliphatic heterocycles. The predicted molar refractivity (Wildman–Crippen MR) is 78.7 cm³/mol. The molecule has 6 nitrogen and oxygen atoms in total. The summed E-state index contributed by atoms with van der Waals surface area (Å²) in [4.78, 5) is 37.9. The molecule has 1 unspecified atom stereocenters. The summed E-state index contributed by atoms with van der Waals surface area (Å²) >= 11 is 0. The minimum atomic E-state index is -0.575. The van der Waals surface area contributed by atoms with Gasteiger partial charge in [-0.3, -0.25) is 14.4 Å². The van der Waals surface area contributed by atoms with Crippen molar-refractivity contribution in [2.75, 3.05) is 13.1 Å². The van der Waals surface area contributed by atoms with Crippen molar-refractivity contribution in [2.24, 2.45) is 16.8 Å². The first-order valence-corrected chi connectivity index (χ1v) is 7.46. The SMILES string of the molecule is O=C1C=CC(C(=O)NCC(=O)NCC2CCCCC2)C=N1. The van der Waals surface area contributed by atoms with Crippen LogP contribution in [0.25, 0.3) is 0 Å². The fourth-order valence-electron chi connectivity index (χ4n) is 2.58. The van der Waals surface area contributed by atoms with Gasteiger partial charge in [-0.25, -0.2) is 4.99 Å². The van der Waals surface area contributed by atoms with Gasteiger partial charge in [-0.2, -0.15) is 0 Å². The molecule has 0 bridgehead atoms. The van der Waals surface area contributed by atoms with Crippen molar-refractivity contribution >= 4 is 23.9 Å². The molecule has 1 heterocycles. The second-order valence-corrected chi connectivity index (χ2v) is 5.53. The van der Waals surface area contributed by atoms with Crippen LogP contribution in [-0.4, -0.2) is 37.0 Å². The lowest BCUT2D eigenvalue weighted by Crippen LogP contribution is -2.41. The lowest BCUT2D eigenvalue weighted by atomic mass is 9.89. The Hall–Kier alpha value is -1.98. The van der Waals surface area contributed by atoms with E-state index in [2.05, 4.69) is 15.6 Å². The Morgan fingerprint density at radius 2 is 1.95 bits per heavy atom. The third-order valence-electron chi connectivity index (χ3n) is 3.85. The number of nitrogens with zero attached hydrogens (tertiary/aromatic N) is 1. The summed E-state index contributed by atoms with van der Waals surface area (Å²) < 4.78 is 0. The van der Waals surface area contributed by atoms with Crippen LogP contribution in [0.3, 0.4) is 0 Å². The van der Waals surface area contributed by atoms with Gasteiger partial charge in [0, 0.05) is 18.8 Å². The first-order chi connectivity index (χ1) is 10.1. The summed E-state index contributed by atoms with van der Waals surface area (Å²) in [6, 6.07) is 0. The molecule has 1 fully saturated rings. The van der Waals surface area contributed by atoms with Crippen molar-refractivity contribution in [3.05, 3.63) is 12.2 Å². The maximum absolute atomic E-state index is 11.8. The average Bonchev–Trinajstić information content (AvgIpc) is 2.52. The largest absolute Gasteiger partial charge is 0.354 e. The molecule has 21 heavy (non-hydrogen) atoms. The highest BCUT2D eigenvalue weighted by Crippen LogP contribution is 2.22. The van der Waals surface area contributed by atoms with Crippen molar-refractivity contribution in [3.63, 3.8) is 0 Å². The molecule has 0 aromatic rings. The maximum Gasteiger partial charge on any atom is 0.269 e. The molecule has 0 aromatic heterocycles. The number of hydrogen-bond donors (Lipinski definition) is 2. The summed E-state index contributed by atoms with van der Waals surface area (Å²) in [7, 11) is 0. The lowest BCUT2D eigenvalue weighted by Gasteiger charge is -2.21. The van der Waals surface area contributed by atoms with Gasteiger partial charge >= 0.3 is 0 Å². The zero-order chi connectivity index (χ0) is 15.1. The van der Waals surface area contributed by atoms with Crippen LogP contribution >= 0.6 is 0 Å². The molecule has 1 saturated carbocycles. The van der Waals surface area contributed by atoms with Crippen LogP contribution in [0, 0.1) is 11.8 Å². The third-order valence-corrected chi connectivity index (χ3v) is 3.85. The first-order valence-electron chi connectivity index (χ1n) is 7.46. The van der Waals surface area contributed by atoms with E-state index in [9.17, 15) is 14.4 Å². The molecule has 3 amide bonds. The van der Waals surface area contributed by atoms with Gasteiger partial charge in [-0.1, -0.05) is 25.3 Å². The van der Waals surface area contributed by atoms with E-state index in [4.69, 9.17) is 0 Å². The van der Waals surface area contributed by atoms with E-state index >= 15 is 0 Å². The van der Waals surface area contributed by atoms with Crippen molar-refractivity contribution in [3.8, 4) is 0 Å². The summed E-state index contributed by atoms with van der Waals surface area (Å²) in [5.41, 5.74) is 0. The van der Waals surface area contributed by atoms with E-state index in [1.54, 1.807) is 0 Å². The lowest BCUT2D eigenvalue weighted by molar-refractivity contribution is -0.126. The molecule has 0 spiro atoms. The minimum absolute atomic E-state index is 0.0440. The number of carbonyl (C=O) groups excluding carboxylic acids is 3. The molecule has 114 valence electrons. The second kappa shape index (κ2) is 7.71. The van der Waals surface area contributed by atoms with Gasteiger partial charge < -0.3 is 10.6 Å². The zero-order valence-corrected chi connectivity index (χ0v) is 12.0. The first kappa shape index (κ1) is 15.4. The van der Waals surface area contributed by atoms with Crippen LogP contribution in [0.2, 0.25) is 0 Å². The van der Waals surface area contributed by atoms with E-state index in [0.717, 1.165) is 0 Å². The van der Waals surface area contributed by atoms with Crippen LogP contribution in [0.15, 0.2) is 17.1 Å². The van der Waals surface area contributed by atoms with Crippen molar-refractivity contribution in [2.45, 2.75) is 32.1 Å². The highest BCUT2D eigenvalue weighted by molar-refractivity contribution is 6.05. The number of amides is 3. The standard InChI is InChI=1S/C15H21N3O3/c19-13-7-6-12(9-17-13)15(21)18-10-14(20)16-8-11-4-2-1-3-5-11/h6-7,9,11-12H,1-5,8,10H2,(H,16,20)(H,18,21). The van der Waals surface area contributed by atoms with Gasteiger partial charge in [0.15, 0.2) is 0 Å². The van der Waals surface area contributed by atoms with E-state index in [1.165, 1.54) is 50.5 Å². The predicted octanol–water partition coefficient (Wildman–Crippen LogP) is 0.583. The minimum Gasteiger partial charge on any atom is -0.354 e. The number of nitrogens with one attached hydrogen (secondary N) is 2. The summed E-state index contributed by atoms with van der Waals surface area (Å²) in [6.45, 7) is 0.645. The van der Waals surface area contributed by atoms with Gasteiger partial charge in [0.2, 0.25) is 11.8 Å². The normalized spacial score (nSPS) is 22.1. The Kier molecular flexibility index (Phi) is 5.66. The van der Waals surface area contributed by atoms with Crippen LogP contribution in [-0.2, 0) is 14.4 Å². The van der Waals surface area contributed by atoms with Gasteiger partial charge in [-0.15, -0.1) is 0 Å². The Morgan fingerprint density at radius 1 is 1.19 bits per heavy atom. The number of rotatable bonds is 5. The zero-order valence-electron chi connectivity index (χ0n) is 12.0. The topological polar surface area (TPSA) is 87.6 Å². The van der Waals surface area contributed by atoms with Crippen LogP contribution in [0.5, 0.6) is 0 Å². The quantitative estimate of drug-likeness (QED) is 0.777. The van der Waals surface area contributed by atoms with Gasteiger partial charge in [0.1, 0.15) is 0 Å². The van der Waals surface area contributed by atoms with Crippen LogP contribution in [0.4, 0.5) is 0 Å². The summed E-state index contributed by atoms with van der Waals surface area (Å²) in [5, 5.41) is 5.41. The highest BCUT2D eigenvalue weighted by Gasteiger charge is 2.18. The molecule has 1 atom stereocenters. The van der Waals surface area contributed by atoms with Crippen LogP contribution < -0.4 is 10.6 Å². The molecular weight excluding hydrogens is 270 g/mol. The number of dihydropyridines is 1. The molecule has 0 saturated heterocycles. The molecule has 2 aliphatic rings. The fraction of sp³-hybridized carbons (Fsp3) is 0.600. The number of hydrogen-bond acceptors (Lipinski definition) is 3. The van der Waals surface area contributed by atoms with Gasteiger partial charge in [-0.05, 0) is 18.8 Å². The van der Waals surface area contributed by atoms with E-state index in [1.807, 2.05) is 0 Å². The Labute approximate surface area is 124 Å². The Bertz CT molecular complexity index is 449. The summed E-state index contributed by atoms with van der Waals surface area (Å²) in [5.74, 6) is -0.881. The van der Waals surface area contributed by atoms with Crippen molar-refractivity contribution in [1.82, 2.24) is 10.6 Å². The smallest absolute Gasteiger partial charge is 0.269 e. The Morgan fingerprint density at radius 3 is 2.62 bits per heavy atom. The van der Waals surface area contributed by atoms with Crippen molar-refractivity contribution < 1.29 is 14.4 Å². The van der Waals surface area contributed by atoms with Gasteiger partial charge in [0.25, 0.3) is 5.91 Å². The van der Waals surface area contributed by atoms with Crippen molar-refractivity contribution in [1.29, 1.82) is 0 Å². The summed E-state index contributed by atoms with van der Waals surface area (Å²) in [6.07, 6.45) is 10.1. The molecule has 6 heteroatoms. The Balaban J connectivity index is 1.64. The van der Waals surface area contributed by atoms with Crippen LogP contribution in [0.1, 0.15) is 32.1 Å². The second-order valence-electron chi connectivity index (χ2n) is 5.53. The molecule has 0 radical (unpaired) electrons. The maximum atomic E-state index is 11.8. The number of carbonyl (C=O) groups is 3. The van der Waals surface area contributed by atoms with E-state index < -0.39 is 5.92 Å². The average molecular weight is 291 g/mol.